The first kappa shape index (κ1) is 11.2. The molecule has 0 bridgehead atoms. The molecule has 0 radical (unpaired) electrons. The largest absolute Gasteiger partial charge is 0.497 e. The maximum atomic E-state index is 8.74. The molecule has 2 aromatic rings. The summed E-state index contributed by atoms with van der Waals surface area (Å²) in [4.78, 5) is 4.48. The summed E-state index contributed by atoms with van der Waals surface area (Å²) in [6.45, 7) is 0.174. The van der Waals surface area contributed by atoms with E-state index >= 15 is 0 Å². The normalized spacial score (nSPS) is 10.6. The lowest BCUT2D eigenvalue weighted by atomic mass is 10.2. The van der Waals surface area contributed by atoms with Crippen molar-refractivity contribution in [2.24, 2.45) is 0 Å². The highest BCUT2D eigenvalue weighted by Crippen LogP contribution is 2.23. The number of rotatable bonds is 4. The van der Waals surface area contributed by atoms with E-state index in [1.54, 1.807) is 18.9 Å². The number of nitrogens with zero attached hydrogens (tertiary/aromatic N) is 1. The molecule has 4 heteroatoms. The molecule has 1 N–H and O–H groups in total. The fraction of sp³-hybridized carbons (Fsp3) is 0.250. The highest BCUT2D eigenvalue weighted by Gasteiger charge is 2.00. The number of pyridine rings is 1. The molecular weight excluding hydrogens is 222 g/mol. The van der Waals surface area contributed by atoms with Gasteiger partial charge in [0.15, 0.2) is 0 Å². The summed E-state index contributed by atoms with van der Waals surface area (Å²) in [7, 11) is 1.65. The number of aliphatic hydroxyl groups excluding tert-OH is 1. The summed E-state index contributed by atoms with van der Waals surface area (Å²) < 4.78 is 5.15. The quantitative estimate of drug-likeness (QED) is 0.826. The lowest BCUT2D eigenvalue weighted by Crippen LogP contribution is -1.89. The Morgan fingerprint density at radius 2 is 2.19 bits per heavy atom. The van der Waals surface area contributed by atoms with Gasteiger partial charge in [-0.05, 0) is 30.3 Å². The third-order valence-corrected chi connectivity index (χ3v) is 3.12. The maximum Gasteiger partial charge on any atom is 0.119 e. The lowest BCUT2D eigenvalue weighted by molar-refractivity contribution is 0.322. The van der Waals surface area contributed by atoms with Crippen LogP contribution in [0.4, 0.5) is 0 Å². The van der Waals surface area contributed by atoms with E-state index < -0.39 is 0 Å². The molecule has 0 amide bonds. The van der Waals surface area contributed by atoms with Gasteiger partial charge in [-0.1, -0.05) is 0 Å². The number of thioether (sulfide) groups is 1. The monoisotopic (exact) mass is 235 g/mol. The number of aromatic nitrogens is 1. The lowest BCUT2D eigenvalue weighted by Gasteiger charge is -2.04. The van der Waals surface area contributed by atoms with Crippen LogP contribution in [0, 0.1) is 0 Å². The molecular formula is C12H13NO2S. The molecule has 0 fully saturated rings. The van der Waals surface area contributed by atoms with E-state index in [9.17, 15) is 0 Å². The van der Waals surface area contributed by atoms with Crippen LogP contribution in [0.5, 0.6) is 5.75 Å². The van der Waals surface area contributed by atoms with Gasteiger partial charge in [0.2, 0.25) is 0 Å². The molecule has 3 nitrogen and oxygen atoms in total. The van der Waals surface area contributed by atoms with E-state index in [0.29, 0.717) is 5.75 Å². The van der Waals surface area contributed by atoms with Crippen molar-refractivity contribution in [3.05, 3.63) is 30.3 Å². The molecule has 1 aromatic carbocycles. The predicted octanol–water partition coefficient (Wildman–Crippen LogP) is 2.33. The summed E-state index contributed by atoms with van der Waals surface area (Å²) in [6, 6.07) is 9.78. The van der Waals surface area contributed by atoms with Gasteiger partial charge in [-0.2, -0.15) is 0 Å². The molecule has 1 aromatic heterocycles. The minimum Gasteiger partial charge on any atom is -0.497 e. The second kappa shape index (κ2) is 5.18. The van der Waals surface area contributed by atoms with Gasteiger partial charge in [-0.25, -0.2) is 4.98 Å². The van der Waals surface area contributed by atoms with Gasteiger partial charge < -0.3 is 9.84 Å². The first-order chi connectivity index (χ1) is 7.83. The molecule has 0 aliphatic rings. The average molecular weight is 235 g/mol. The second-order valence-corrected chi connectivity index (χ2v) is 4.40. The van der Waals surface area contributed by atoms with Crippen molar-refractivity contribution >= 4 is 22.7 Å². The van der Waals surface area contributed by atoms with Crippen LogP contribution in [0.25, 0.3) is 10.9 Å². The van der Waals surface area contributed by atoms with Gasteiger partial charge in [0.25, 0.3) is 0 Å². The average Bonchev–Trinajstić information content (AvgIpc) is 2.35. The first-order valence-corrected chi connectivity index (χ1v) is 6.00. The van der Waals surface area contributed by atoms with Crippen LogP contribution in [0.15, 0.2) is 35.4 Å². The molecule has 84 valence electrons. The Morgan fingerprint density at radius 3 is 2.94 bits per heavy atom. The van der Waals surface area contributed by atoms with Gasteiger partial charge in [0, 0.05) is 11.1 Å². The Kier molecular flexibility index (Phi) is 3.64. The second-order valence-electron chi connectivity index (χ2n) is 3.28. The van der Waals surface area contributed by atoms with E-state index in [1.807, 2.05) is 30.3 Å². The standard InChI is InChI=1S/C12H13NO2S/c1-15-10-3-4-11-9(8-10)2-5-12(13-11)16-7-6-14/h2-5,8,14H,6-7H2,1H3. The minimum absolute atomic E-state index is 0.174. The predicted molar refractivity (Wildman–Crippen MR) is 66.1 cm³/mol. The van der Waals surface area contributed by atoms with Crippen LogP contribution in [-0.2, 0) is 0 Å². The van der Waals surface area contributed by atoms with Crippen LogP contribution in [0.3, 0.4) is 0 Å². The Morgan fingerprint density at radius 1 is 1.31 bits per heavy atom. The number of aliphatic hydroxyl groups is 1. The summed E-state index contributed by atoms with van der Waals surface area (Å²) in [6.07, 6.45) is 0. The van der Waals surface area contributed by atoms with Crippen molar-refractivity contribution in [3.63, 3.8) is 0 Å². The van der Waals surface area contributed by atoms with Gasteiger partial charge in [0.1, 0.15) is 5.75 Å². The van der Waals surface area contributed by atoms with E-state index in [0.717, 1.165) is 21.7 Å². The van der Waals surface area contributed by atoms with Crippen LogP contribution in [0.1, 0.15) is 0 Å². The number of hydrogen-bond donors (Lipinski definition) is 1. The Hall–Kier alpha value is -1.26. The molecule has 0 aliphatic heterocycles. The summed E-state index contributed by atoms with van der Waals surface area (Å²) in [5.41, 5.74) is 0.948. The van der Waals surface area contributed by atoms with Crippen molar-refractivity contribution in [1.82, 2.24) is 4.98 Å². The van der Waals surface area contributed by atoms with E-state index in [1.165, 1.54) is 0 Å². The fourth-order valence-corrected chi connectivity index (χ4v) is 2.07. The number of fused-ring (bicyclic) bond motifs is 1. The molecule has 1 heterocycles. The smallest absolute Gasteiger partial charge is 0.119 e. The highest BCUT2D eigenvalue weighted by molar-refractivity contribution is 7.99. The number of ether oxygens (including phenoxy) is 1. The van der Waals surface area contributed by atoms with Crippen molar-refractivity contribution in [2.45, 2.75) is 5.03 Å². The zero-order valence-corrected chi connectivity index (χ0v) is 9.83. The molecule has 0 unspecified atom stereocenters. The molecule has 0 saturated heterocycles. The van der Waals surface area contributed by atoms with Crippen molar-refractivity contribution in [1.29, 1.82) is 0 Å². The SMILES string of the molecule is COc1ccc2nc(SCCO)ccc2c1. The number of methoxy groups -OCH3 is 1. The molecule has 0 spiro atoms. The van der Waals surface area contributed by atoms with Gasteiger partial charge >= 0.3 is 0 Å². The Bertz CT molecular complexity index is 487. The summed E-state index contributed by atoms with van der Waals surface area (Å²) in [5.74, 6) is 1.51. The summed E-state index contributed by atoms with van der Waals surface area (Å²) >= 11 is 1.55. The van der Waals surface area contributed by atoms with Gasteiger partial charge in [0.05, 0.1) is 24.3 Å². The zero-order chi connectivity index (χ0) is 11.4. The number of benzene rings is 1. The molecule has 2 rings (SSSR count). The topological polar surface area (TPSA) is 42.4 Å². The van der Waals surface area contributed by atoms with Gasteiger partial charge in [-0.3, -0.25) is 0 Å². The van der Waals surface area contributed by atoms with Crippen molar-refractivity contribution in [3.8, 4) is 5.75 Å². The third-order valence-electron chi connectivity index (χ3n) is 2.21. The van der Waals surface area contributed by atoms with E-state index in [2.05, 4.69) is 4.98 Å². The van der Waals surface area contributed by atoms with E-state index in [-0.39, 0.29) is 6.61 Å². The molecule has 0 aliphatic carbocycles. The van der Waals surface area contributed by atoms with Crippen LogP contribution in [-0.4, -0.2) is 29.6 Å². The minimum atomic E-state index is 0.174. The fourth-order valence-electron chi connectivity index (χ4n) is 1.44. The van der Waals surface area contributed by atoms with Crippen molar-refractivity contribution in [2.75, 3.05) is 19.5 Å². The first-order valence-electron chi connectivity index (χ1n) is 5.02. The highest BCUT2D eigenvalue weighted by atomic mass is 32.2. The molecule has 16 heavy (non-hydrogen) atoms. The third kappa shape index (κ3) is 2.46. The Balaban J connectivity index is 2.32. The molecule has 0 saturated carbocycles. The van der Waals surface area contributed by atoms with Crippen LogP contribution < -0.4 is 4.74 Å². The van der Waals surface area contributed by atoms with Crippen LogP contribution in [0.2, 0.25) is 0 Å². The maximum absolute atomic E-state index is 8.74. The Labute approximate surface area is 98.5 Å². The van der Waals surface area contributed by atoms with Crippen LogP contribution >= 0.6 is 11.8 Å². The van der Waals surface area contributed by atoms with E-state index in [4.69, 9.17) is 9.84 Å². The molecule has 0 atom stereocenters. The van der Waals surface area contributed by atoms with Crippen molar-refractivity contribution < 1.29 is 9.84 Å². The summed E-state index contributed by atoms with van der Waals surface area (Å²) in [5, 5.41) is 10.7. The number of hydrogen-bond acceptors (Lipinski definition) is 4. The van der Waals surface area contributed by atoms with Gasteiger partial charge in [-0.15, -0.1) is 11.8 Å². The zero-order valence-electron chi connectivity index (χ0n) is 9.01.